The van der Waals surface area contributed by atoms with Crippen LogP contribution in [-0.4, -0.2) is 10.5 Å². The first-order valence-electron chi connectivity index (χ1n) is 8.61. The Hall–Kier alpha value is -3.47. The lowest BCUT2D eigenvalue weighted by molar-refractivity contribution is -0.116. The van der Waals surface area contributed by atoms with E-state index in [1.807, 2.05) is 41.0 Å². The molecule has 1 N–H and O–H groups in total. The molecule has 0 aliphatic carbocycles. The summed E-state index contributed by atoms with van der Waals surface area (Å²) in [5.41, 5.74) is 2.57. The van der Waals surface area contributed by atoms with Crippen LogP contribution in [0.2, 0.25) is 0 Å². The Balaban J connectivity index is 1.79. The summed E-state index contributed by atoms with van der Waals surface area (Å²) in [6.07, 6.45) is 0. The number of benzene rings is 3. The lowest BCUT2D eigenvalue weighted by Crippen LogP contribution is -2.22. The summed E-state index contributed by atoms with van der Waals surface area (Å²) in [5, 5.41) is 3.97. The fourth-order valence-electron chi connectivity index (χ4n) is 3.35. The van der Waals surface area contributed by atoms with E-state index in [4.69, 9.17) is 0 Å². The van der Waals surface area contributed by atoms with Gasteiger partial charge in [-0.3, -0.25) is 9.59 Å². The summed E-state index contributed by atoms with van der Waals surface area (Å²) in [5.74, 6) is -0.591. The van der Waals surface area contributed by atoms with Gasteiger partial charge in [0.05, 0.1) is 11.0 Å². The molecule has 27 heavy (non-hydrogen) atoms. The maximum atomic E-state index is 13.3. The molecule has 0 unspecified atom stereocenters. The zero-order valence-corrected chi connectivity index (χ0v) is 14.7. The molecule has 0 saturated carbocycles. The topological polar surface area (TPSA) is 51.1 Å². The van der Waals surface area contributed by atoms with E-state index in [0.717, 1.165) is 0 Å². The van der Waals surface area contributed by atoms with Gasteiger partial charge in [-0.05, 0) is 55.0 Å². The van der Waals surface area contributed by atoms with Crippen molar-refractivity contribution in [3.63, 3.8) is 0 Å². The van der Waals surface area contributed by atoms with Crippen molar-refractivity contribution in [1.29, 1.82) is 0 Å². The van der Waals surface area contributed by atoms with Gasteiger partial charge in [-0.25, -0.2) is 4.39 Å². The van der Waals surface area contributed by atoms with Gasteiger partial charge in [0.25, 0.3) is 0 Å². The molecule has 0 bridgehead atoms. The molecular formula is C22H17FN2O2. The van der Waals surface area contributed by atoms with Crippen molar-refractivity contribution < 1.29 is 9.18 Å². The third-order valence-corrected chi connectivity index (χ3v) is 4.64. The zero-order chi connectivity index (χ0) is 19.0. The largest absolute Gasteiger partial charge is 0.331 e. The maximum absolute atomic E-state index is 13.3. The molecule has 4 nitrogen and oxygen atoms in total. The van der Waals surface area contributed by atoms with E-state index in [2.05, 4.69) is 5.32 Å². The number of hydrogen-bond donors (Lipinski definition) is 1. The number of nitrogens with one attached hydrogen (secondary N) is 1. The minimum absolute atomic E-state index is 0.0398. The first-order chi connectivity index (χ1) is 13.0. The number of carbonyl (C=O) groups is 1. The van der Waals surface area contributed by atoms with Gasteiger partial charge in [-0.1, -0.05) is 24.3 Å². The molecule has 3 aromatic carbocycles. The van der Waals surface area contributed by atoms with Gasteiger partial charge >= 0.3 is 0 Å². The van der Waals surface area contributed by atoms with E-state index in [1.165, 1.54) is 12.1 Å². The van der Waals surface area contributed by atoms with Crippen LogP contribution in [0.4, 0.5) is 10.1 Å². The summed E-state index contributed by atoms with van der Waals surface area (Å²) in [6.45, 7) is 1.78. The van der Waals surface area contributed by atoms with Crippen molar-refractivity contribution >= 4 is 33.4 Å². The van der Waals surface area contributed by atoms with Crippen LogP contribution in [0.15, 0.2) is 71.5 Å². The number of aromatic nitrogens is 1. The Morgan fingerprint density at radius 1 is 0.963 bits per heavy atom. The van der Waals surface area contributed by atoms with Crippen molar-refractivity contribution in [2.24, 2.45) is 0 Å². The fourth-order valence-corrected chi connectivity index (χ4v) is 3.35. The third-order valence-electron chi connectivity index (χ3n) is 4.64. The SMILES string of the molecule is Cc1cc(F)ccc1NC(=O)Cn1c2ccccc2c(=O)c2ccccc21. The number of rotatable bonds is 3. The van der Waals surface area contributed by atoms with Crippen LogP contribution < -0.4 is 10.7 Å². The molecule has 4 rings (SSSR count). The van der Waals surface area contributed by atoms with Crippen molar-refractivity contribution in [3.05, 3.63) is 88.3 Å². The predicted octanol–water partition coefficient (Wildman–Crippen LogP) is 4.24. The molecular weight excluding hydrogens is 343 g/mol. The molecule has 0 atom stereocenters. The molecule has 0 spiro atoms. The van der Waals surface area contributed by atoms with Crippen molar-refractivity contribution in [1.82, 2.24) is 4.57 Å². The summed E-state index contributed by atoms with van der Waals surface area (Å²) in [4.78, 5) is 25.4. The van der Waals surface area contributed by atoms with Gasteiger partial charge in [0, 0.05) is 16.5 Å². The molecule has 1 amide bonds. The lowest BCUT2D eigenvalue weighted by atomic mass is 10.1. The highest BCUT2D eigenvalue weighted by Crippen LogP contribution is 2.20. The quantitative estimate of drug-likeness (QED) is 0.556. The lowest BCUT2D eigenvalue weighted by Gasteiger charge is -2.15. The first-order valence-corrected chi connectivity index (χ1v) is 8.61. The molecule has 0 aliphatic rings. The fraction of sp³-hybridized carbons (Fsp3) is 0.0909. The number of hydrogen-bond acceptors (Lipinski definition) is 2. The van der Waals surface area contributed by atoms with Crippen LogP contribution in [0.3, 0.4) is 0 Å². The second kappa shape index (κ2) is 6.68. The third kappa shape index (κ3) is 3.08. The monoisotopic (exact) mass is 360 g/mol. The van der Waals surface area contributed by atoms with E-state index < -0.39 is 0 Å². The van der Waals surface area contributed by atoms with Crippen LogP contribution in [0.25, 0.3) is 21.8 Å². The van der Waals surface area contributed by atoms with E-state index in [1.54, 1.807) is 25.1 Å². The van der Waals surface area contributed by atoms with Gasteiger partial charge < -0.3 is 9.88 Å². The number of fused-ring (bicyclic) bond motifs is 2. The second-order valence-electron chi connectivity index (χ2n) is 6.46. The van der Waals surface area contributed by atoms with E-state index in [0.29, 0.717) is 33.1 Å². The number of nitrogens with zero attached hydrogens (tertiary/aromatic N) is 1. The molecule has 0 radical (unpaired) electrons. The summed E-state index contributed by atoms with van der Waals surface area (Å²) >= 11 is 0. The maximum Gasteiger partial charge on any atom is 0.244 e. The molecule has 0 aliphatic heterocycles. The highest BCUT2D eigenvalue weighted by atomic mass is 19.1. The van der Waals surface area contributed by atoms with Gasteiger partial charge in [-0.15, -0.1) is 0 Å². The number of carbonyl (C=O) groups excluding carboxylic acids is 1. The smallest absolute Gasteiger partial charge is 0.244 e. The highest BCUT2D eigenvalue weighted by Gasteiger charge is 2.13. The molecule has 5 heteroatoms. The normalized spacial score (nSPS) is 11.0. The standard InChI is InChI=1S/C22H17FN2O2/c1-14-12-15(23)10-11-18(14)24-21(26)13-25-19-8-4-2-6-16(19)22(27)17-7-3-5-9-20(17)25/h2-12H,13H2,1H3,(H,24,26). The number of aryl methyl sites for hydroxylation is 1. The number of halogens is 1. The number of para-hydroxylation sites is 2. The van der Waals surface area contributed by atoms with Crippen LogP contribution in [0, 0.1) is 12.7 Å². The molecule has 1 heterocycles. The predicted molar refractivity (Wildman–Crippen MR) is 105 cm³/mol. The van der Waals surface area contributed by atoms with Crippen LogP contribution in [-0.2, 0) is 11.3 Å². The van der Waals surface area contributed by atoms with Gasteiger partial charge in [0.2, 0.25) is 5.91 Å². The van der Waals surface area contributed by atoms with Gasteiger partial charge in [0.1, 0.15) is 12.4 Å². The summed E-state index contributed by atoms with van der Waals surface area (Å²) in [6, 6.07) is 18.7. The molecule has 0 fully saturated rings. The first kappa shape index (κ1) is 17.0. The Labute approximate surface area is 154 Å². The molecule has 1 aromatic heterocycles. The van der Waals surface area contributed by atoms with Crippen molar-refractivity contribution in [2.75, 3.05) is 5.32 Å². The van der Waals surface area contributed by atoms with Crippen molar-refractivity contribution in [3.8, 4) is 0 Å². The Kier molecular flexibility index (Phi) is 4.20. The minimum Gasteiger partial charge on any atom is -0.331 e. The van der Waals surface area contributed by atoms with Crippen LogP contribution in [0.1, 0.15) is 5.56 Å². The van der Waals surface area contributed by atoms with Crippen LogP contribution in [0.5, 0.6) is 0 Å². The number of amides is 1. The second-order valence-corrected chi connectivity index (χ2v) is 6.46. The Bertz CT molecular complexity index is 1180. The summed E-state index contributed by atoms with van der Waals surface area (Å²) < 4.78 is 15.1. The number of pyridine rings is 1. The van der Waals surface area contributed by atoms with E-state index >= 15 is 0 Å². The zero-order valence-electron chi connectivity index (χ0n) is 14.7. The molecule has 4 aromatic rings. The summed E-state index contributed by atoms with van der Waals surface area (Å²) in [7, 11) is 0. The van der Waals surface area contributed by atoms with E-state index in [9.17, 15) is 14.0 Å². The van der Waals surface area contributed by atoms with Crippen molar-refractivity contribution in [2.45, 2.75) is 13.5 Å². The van der Waals surface area contributed by atoms with E-state index in [-0.39, 0.29) is 23.7 Å². The highest BCUT2D eigenvalue weighted by molar-refractivity contribution is 5.97. The average molecular weight is 360 g/mol. The van der Waals surface area contributed by atoms with Gasteiger partial charge in [-0.2, -0.15) is 0 Å². The number of anilines is 1. The van der Waals surface area contributed by atoms with Crippen LogP contribution >= 0.6 is 0 Å². The van der Waals surface area contributed by atoms with Gasteiger partial charge in [0.15, 0.2) is 5.43 Å². The Morgan fingerprint density at radius 3 is 2.15 bits per heavy atom. The Morgan fingerprint density at radius 2 is 1.56 bits per heavy atom. The average Bonchev–Trinajstić information content (AvgIpc) is 2.67. The molecule has 0 saturated heterocycles. The minimum atomic E-state index is -0.345. The molecule has 134 valence electrons.